The number of rotatable bonds is 2. The average Bonchev–Trinajstić information content (AvgIpc) is 2.74. The lowest BCUT2D eigenvalue weighted by Crippen LogP contribution is -2.24. The third kappa shape index (κ3) is 2.12. The summed E-state index contributed by atoms with van der Waals surface area (Å²) in [6, 6.07) is 15.7. The van der Waals surface area contributed by atoms with Crippen LogP contribution in [0.1, 0.15) is 17.2 Å². The van der Waals surface area contributed by atoms with E-state index in [0.717, 1.165) is 17.0 Å². The quantitative estimate of drug-likeness (QED) is 0.842. The van der Waals surface area contributed by atoms with Gasteiger partial charge in [0.2, 0.25) is 5.90 Å². The van der Waals surface area contributed by atoms with E-state index in [-0.39, 0.29) is 11.9 Å². The molecule has 0 bridgehead atoms. The Morgan fingerprint density at radius 3 is 2.53 bits per heavy atom. The Bertz CT molecular complexity index is 624. The summed E-state index contributed by atoms with van der Waals surface area (Å²) in [5.74, 6) is 0.993. The van der Waals surface area contributed by atoms with Crippen LogP contribution < -0.4 is 8.66 Å². The van der Waals surface area contributed by atoms with E-state index in [2.05, 4.69) is 35.2 Å². The van der Waals surface area contributed by atoms with Gasteiger partial charge in [0.05, 0.1) is 16.1 Å². The van der Waals surface area contributed by atoms with Crippen molar-refractivity contribution < 1.29 is 4.74 Å². The van der Waals surface area contributed by atoms with Crippen LogP contribution in [0.3, 0.4) is 0 Å². The standard InChI is InChI=1S/C15H13BrN2O/c1-10-6-8-11(9-7-10)18(16)14-12-4-2-3-5-13(12)19-15(14)17/h2-9,14,17H,1H3. The van der Waals surface area contributed by atoms with Crippen LogP contribution in [0, 0.1) is 12.3 Å². The first-order chi connectivity index (χ1) is 9.16. The summed E-state index contributed by atoms with van der Waals surface area (Å²) in [5.41, 5.74) is 3.22. The van der Waals surface area contributed by atoms with Crippen molar-refractivity contribution in [1.29, 1.82) is 5.41 Å². The fourth-order valence-electron chi connectivity index (χ4n) is 2.18. The molecule has 0 spiro atoms. The molecule has 2 aromatic carbocycles. The van der Waals surface area contributed by atoms with Gasteiger partial charge in [-0.05, 0) is 25.1 Å². The number of ether oxygens (including phenoxy) is 1. The molecule has 0 aromatic heterocycles. The first-order valence-corrected chi connectivity index (χ1v) is 6.74. The predicted molar refractivity (Wildman–Crippen MR) is 80.1 cm³/mol. The van der Waals surface area contributed by atoms with Crippen molar-refractivity contribution in [3.05, 3.63) is 59.7 Å². The van der Waals surface area contributed by atoms with Crippen molar-refractivity contribution >= 4 is 27.7 Å². The third-order valence-corrected chi connectivity index (χ3v) is 4.01. The molecule has 0 amide bonds. The Hall–Kier alpha value is -1.81. The van der Waals surface area contributed by atoms with Gasteiger partial charge in [-0.2, -0.15) is 0 Å². The fraction of sp³-hybridized carbons (Fsp3) is 0.133. The van der Waals surface area contributed by atoms with E-state index < -0.39 is 0 Å². The Kier molecular flexibility index (Phi) is 3.03. The van der Waals surface area contributed by atoms with Crippen LogP contribution >= 0.6 is 16.1 Å². The van der Waals surface area contributed by atoms with Gasteiger partial charge in [0.15, 0.2) is 0 Å². The highest BCUT2D eigenvalue weighted by Gasteiger charge is 2.34. The van der Waals surface area contributed by atoms with E-state index in [1.165, 1.54) is 5.56 Å². The van der Waals surface area contributed by atoms with Gasteiger partial charge in [0.1, 0.15) is 11.8 Å². The molecule has 3 rings (SSSR count). The summed E-state index contributed by atoms with van der Waals surface area (Å²) in [6.45, 7) is 2.05. The Labute approximate surface area is 120 Å². The Morgan fingerprint density at radius 2 is 1.79 bits per heavy atom. The van der Waals surface area contributed by atoms with Crippen LogP contribution in [0.25, 0.3) is 0 Å². The molecular weight excluding hydrogens is 304 g/mol. The number of para-hydroxylation sites is 1. The van der Waals surface area contributed by atoms with Crippen LogP contribution in [0.5, 0.6) is 5.75 Å². The van der Waals surface area contributed by atoms with Gasteiger partial charge in [-0.15, -0.1) is 0 Å². The number of nitrogens with one attached hydrogen (secondary N) is 1. The van der Waals surface area contributed by atoms with Gasteiger partial charge in [0, 0.05) is 11.3 Å². The highest BCUT2D eigenvalue weighted by Crippen LogP contribution is 2.40. The normalized spacial score (nSPS) is 16.9. The monoisotopic (exact) mass is 316 g/mol. The largest absolute Gasteiger partial charge is 0.441 e. The van der Waals surface area contributed by atoms with Crippen LogP contribution in [0.4, 0.5) is 5.69 Å². The van der Waals surface area contributed by atoms with Gasteiger partial charge in [-0.25, -0.2) is 0 Å². The van der Waals surface area contributed by atoms with Gasteiger partial charge in [0.25, 0.3) is 0 Å². The maximum atomic E-state index is 8.02. The summed E-state index contributed by atoms with van der Waals surface area (Å²) in [6.07, 6.45) is 0. The molecule has 1 aliphatic rings. The lowest BCUT2D eigenvalue weighted by molar-refractivity contribution is 0.553. The average molecular weight is 317 g/mol. The summed E-state index contributed by atoms with van der Waals surface area (Å²) < 4.78 is 7.39. The van der Waals surface area contributed by atoms with Crippen molar-refractivity contribution in [2.24, 2.45) is 0 Å². The van der Waals surface area contributed by atoms with E-state index in [4.69, 9.17) is 10.1 Å². The predicted octanol–water partition coefficient (Wildman–Crippen LogP) is 4.22. The van der Waals surface area contributed by atoms with E-state index in [0.29, 0.717) is 0 Å². The van der Waals surface area contributed by atoms with Crippen molar-refractivity contribution in [2.45, 2.75) is 13.0 Å². The Morgan fingerprint density at radius 1 is 1.11 bits per heavy atom. The molecule has 1 heterocycles. The van der Waals surface area contributed by atoms with Crippen LogP contribution in [0.15, 0.2) is 48.5 Å². The molecule has 0 fully saturated rings. The van der Waals surface area contributed by atoms with E-state index in [1.807, 2.05) is 40.3 Å². The van der Waals surface area contributed by atoms with Gasteiger partial charge >= 0.3 is 0 Å². The number of halogens is 1. The molecule has 4 heteroatoms. The summed E-state index contributed by atoms with van der Waals surface area (Å²) in [4.78, 5) is 0. The topological polar surface area (TPSA) is 36.3 Å². The van der Waals surface area contributed by atoms with Crippen molar-refractivity contribution in [3.8, 4) is 5.75 Å². The van der Waals surface area contributed by atoms with E-state index in [9.17, 15) is 0 Å². The molecule has 1 atom stereocenters. The number of anilines is 1. The molecule has 1 aliphatic heterocycles. The van der Waals surface area contributed by atoms with E-state index in [1.54, 1.807) is 0 Å². The number of fused-ring (bicyclic) bond motifs is 1. The van der Waals surface area contributed by atoms with Gasteiger partial charge in [-0.3, -0.25) is 9.34 Å². The molecule has 0 saturated heterocycles. The zero-order chi connectivity index (χ0) is 13.4. The molecule has 0 saturated carbocycles. The maximum Gasteiger partial charge on any atom is 0.215 e. The lowest BCUT2D eigenvalue weighted by atomic mass is 10.1. The SMILES string of the molecule is Cc1ccc(N(Br)C2C(=N)Oc3ccccc32)cc1. The van der Waals surface area contributed by atoms with Gasteiger partial charge < -0.3 is 4.74 Å². The third-order valence-electron chi connectivity index (χ3n) is 3.19. The van der Waals surface area contributed by atoms with Crippen molar-refractivity contribution in [3.63, 3.8) is 0 Å². The molecule has 96 valence electrons. The summed E-state index contributed by atoms with van der Waals surface area (Å²) >= 11 is 3.56. The highest BCUT2D eigenvalue weighted by molar-refractivity contribution is 9.10. The van der Waals surface area contributed by atoms with Crippen LogP contribution in [0.2, 0.25) is 0 Å². The molecular formula is C15H13BrN2O. The maximum absolute atomic E-state index is 8.02. The number of hydrogen-bond acceptors (Lipinski definition) is 3. The molecule has 3 nitrogen and oxygen atoms in total. The zero-order valence-electron chi connectivity index (χ0n) is 10.4. The number of aryl methyl sites for hydroxylation is 1. The first-order valence-electron chi connectivity index (χ1n) is 6.04. The smallest absolute Gasteiger partial charge is 0.215 e. The fourth-order valence-corrected chi connectivity index (χ4v) is 2.82. The van der Waals surface area contributed by atoms with Crippen LogP contribution in [-0.2, 0) is 0 Å². The zero-order valence-corrected chi connectivity index (χ0v) is 12.0. The van der Waals surface area contributed by atoms with Crippen molar-refractivity contribution in [1.82, 2.24) is 0 Å². The second-order valence-corrected chi connectivity index (χ2v) is 5.32. The minimum absolute atomic E-state index is 0.223. The molecule has 0 aliphatic carbocycles. The number of nitrogens with zero attached hydrogens (tertiary/aromatic N) is 1. The van der Waals surface area contributed by atoms with E-state index >= 15 is 0 Å². The van der Waals surface area contributed by atoms with Gasteiger partial charge in [-0.1, -0.05) is 35.9 Å². The van der Waals surface area contributed by atoms with Crippen LogP contribution in [-0.4, -0.2) is 5.90 Å². The molecule has 2 aromatic rings. The second-order valence-electron chi connectivity index (χ2n) is 4.55. The summed E-state index contributed by atoms with van der Waals surface area (Å²) in [7, 11) is 0. The van der Waals surface area contributed by atoms with Crippen molar-refractivity contribution in [2.75, 3.05) is 3.93 Å². The Balaban J connectivity index is 1.98. The molecule has 19 heavy (non-hydrogen) atoms. The molecule has 0 radical (unpaired) electrons. The first kappa shape index (κ1) is 12.2. The minimum Gasteiger partial charge on any atom is -0.441 e. The second kappa shape index (κ2) is 4.70. The number of hydrogen-bond donors (Lipinski definition) is 1. The number of benzene rings is 2. The highest BCUT2D eigenvalue weighted by atomic mass is 79.9. The molecule has 1 unspecified atom stereocenters. The lowest BCUT2D eigenvalue weighted by Gasteiger charge is -2.22. The summed E-state index contributed by atoms with van der Waals surface area (Å²) in [5, 5.41) is 8.02. The minimum atomic E-state index is -0.223. The molecule has 1 N–H and O–H groups in total.